The molecule has 1 unspecified atom stereocenters. The van der Waals surface area contributed by atoms with E-state index in [1.54, 1.807) is 18.2 Å². The molecule has 1 aliphatic rings. The Bertz CT molecular complexity index is 1160. The summed E-state index contributed by atoms with van der Waals surface area (Å²) in [5.41, 5.74) is 8.29. The third-order valence-corrected chi connectivity index (χ3v) is 5.30. The zero-order valence-corrected chi connectivity index (χ0v) is 16.4. The molecule has 30 heavy (non-hydrogen) atoms. The predicted molar refractivity (Wildman–Crippen MR) is 106 cm³/mol. The number of nitrogens with zero attached hydrogens (tertiary/aromatic N) is 1. The van der Waals surface area contributed by atoms with E-state index in [-0.39, 0.29) is 17.2 Å². The van der Waals surface area contributed by atoms with Gasteiger partial charge in [-0.3, -0.25) is 4.79 Å². The maximum Gasteiger partial charge on any atom is 0.586 e. The normalized spacial score (nSPS) is 15.3. The van der Waals surface area contributed by atoms with Crippen molar-refractivity contribution in [1.82, 2.24) is 4.98 Å². The third kappa shape index (κ3) is 3.49. The lowest BCUT2D eigenvalue weighted by Crippen LogP contribution is -2.25. The van der Waals surface area contributed by atoms with E-state index in [0.29, 0.717) is 35.2 Å². The molecule has 8 heteroatoms. The summed E-state index contributed by atoms with van der Waals surface area (Å²) in [6, 6.07) is 9.76. The molecule has 2 heterocycles. The molecule has 1 aromatic heterocycles. The standard InChI is InChI=1S/C22H20F2N2O4/c1-3-12(21(25)28)9-14-8-11(2)15-5-6-16(26-19(15)20(14)27)13-4-7-17-18(10-13)30-22(23,24)29-17/h4-8,10,12,27H,3,9H2,1-2H3,(H2,25,28). The molecule has 0 bridgehead atoms. The van der Waals surface area contributed by atoms with Gasteiger partial charge in [-0.15, -0.1) is 8.78 Å². The van der Waals surface area contributed by atoms with Gasteiger partial charge in [0.05, 0.1) is 5.69 Å². The van der Waals surface area contributed by atoms with Gasteiger partial charge in [0.25, 0.3) is 0 Å². The lowest BCUT2D eigenvalue weighted by Gasteiger charge is -2.15. The van der Waals surface area contributed by atoms with E-state index in [9.17, 15) is 18.7 Å². The number of rotatable bonds is 5. The Hall–Kier alpha value is -3.42. The Balaban J connectivity index is 1.77. The monoisotopic (exact) mass is 414 g/mol. The van der Waals surface area contributed by atoms with Crippen LogP contribution in [0, 0.1) is 12.8 Å². The minimum atomic E-state index is -3.70. The molecular formula is C22H20F2N2O4. The van der Waals surface area contributed by atoms with Gasteiger partial charge in [0.1, 0.15) is 11.3 Å². The van der Waals surface area contributed by atoms with Gasteiger partial charge in [0.2, 0.25) is 5.91 Å². The number of pyridine rings is 1. The molecule has 6 nitrogen and oxygen atoms in total. The van der Waals surface area contributed by atoms with Crippen molar-refractivity contribution in [2.75, 3.05) is 0 Å². The number of primary amides is 1. The summed E-state index contributed by atoms with van der Waals surface area (Å²) in [6.07, 6.45) is -2.83. The number of benzene rings is 2. The summed E-state index contributed by atoms with van der Waals surface area (Å²) in [5, 5.41) is 11.6. The molecule has 0 saturated carbocycles. The van der Waals surface area contributed by atoms with Crippen LogP contribution in [0.5, 0.6) is 17.2 Å². The van der Waals surface area contributed by atoms with Gasteiger partial charge < -0.3 is 20.3 Å². The largest absolute Gasteiger partial charge is 0.586 e. The lowest BCUT2D eigenvalue weighted by molar-refractivity contribution is -0.286. The molecule has 1 atom stereocenters. The first-order valence-electron chi connectivity index (χ1n) is 9.50. The first-order chi connectivity index (χ1) is 14.2. The van der Waals surface area contributed by atoms with Crippen LogP contribution in [0.4, 0.5) is 8.78 Å². The highest BCUT2D eigenvalue weighted by molar-refractivity contribution is 5.90. The number of aromatic hydroxyl groups is 1. The Labute approximate surface area is 171 Å². The number of phenols is 1. The van der Waals surface area contributed by atoms with Crippen LogP contribution in [0.1, 0.15) is 24.5 Å². The lowest BCUT2D eigenvalue weighted by atomic mass is 9.93. The number of carbonyl (C=O) groups excluding carboxylic acids is 1. The number of halogens is 2. The molecular weight excluding hydrogens is 394 g/mol. The molecule has 0 aliphatic carbocycles. The highest BCUT2D eigenvalue weighted by Crippen LogP contribution is 2.43. The van der Waals surface area contributed by atoms with Gasteiger partial charge in [-0.2, -0.15) is 0 Å². The van der Waals surface area contributed by atoms with E-state index < -0.39 is 18.1 Å². The first kappa shape index (κ1) is 19.9. The highest BCUT2D eigenvalue weighted by Gasteiger charge is 2.43. The summed E-state index contributed by atoms with van der Waals surface area (Å²) in [6.45, 7) is 3.75. The molecule has 3 N–H and O–H groups in total. The van der Waals surface area contributed by atoms with Crippen LogP contribution in [-0.4, -0.2) is 22.3 Å². The second-order valence-electron chi connectivity index (χ2n) is 7.33. The number of ether oxygens (including phenoxy) is 2. The van der Waals surface area contributed by atoms with Gasteiger partial charge in [-0.1, -0.05) is 19.1 Å². The average Bonchev–Trinajstić information content (AvgIpc) is 3.01. The molecule has 0 radical (unpaired) electrons. The molecule has 0 saturated heterocycles. The summed E-state index contributed by atoms with van der Waals surface area (Å²) < 4.78 is 35.5. The predicted octanol–water partition coefficient (Wildman–Crippen LogP) is 4.29. The molecule has 156 valence electrons. The number of hydrogen-bond donors (Lipinski definition) is 2. The Kier molecular flexibility index (Phi) is 4.72. The van der Waals surface area contributed by atoms with Crippen molar-refractivity contribution >= 4 is 16.8 Å². The van der Waals surface area contributed by atoms with E-state index in [2.05, 4.69) is 14.5 Å². The van der Waals surface area contributed by atoms with Crippen LogP contribution in [0.2, 0.25) is 0 Å². The smallest absolute Gasteiger partial charge is 0.505 e. The van der Waals surface area contributed by atoms with Crippen LogP contribution in [0.3, 0.4) is 0 Å². The summed E-state index contributed by atoms with van der Waals surface area (Å²) in [4.78, 5) is 16.2. The average molecular weight is 414 g/mol. The van der Waals surface area contributed by atoms with Crippen molar-refractivity contribution in [1.29, 1.82) is 0 Å². The van der Waals surface area contributed by atoms with E-state index in [4.69, 9.17) is 5.73 Å². The summed E-state index contributed by atoms with van der Waals surface area (Å²) >= 11 is 0. The molecule has 1 amide bonds. The van der Waals surface area contributed by atoms with Gasteiger partial charge in [0.15, 0.2) is 11.5 Å². The number of aryl methyl sites for hydroxylation is 1. The Morgan fingerprint density at radius 1 is 1.20 bits per heavy atom. The van der Waals surface area contributed by atoms with Crippen LogP contribution in [0.25, 0.3) is 22.2 Å². The SMILES string of the molecule is CCC(Cc1cc(C)c2ccc(-c3ccc4c(c3)OC(F)(F)O4)nc2c1O)C(N)=O. The zero-order chi connectivity index (χ0) is 21.6. The topological polar surface area (TPSA) is 94.7 Å². The van der Waals surface area contributed by atoms with Crippen LogP contribution in [0.15, 0.2) is 36.4 Å². The zero-order valence-electron chi connectivity index (χ0n) is 16.4. The fraction of sp³-hybridized carbons (Fsp3) is 0.273. The number of alkyl halides is 2. The van der Waals surface area contributed by atoms with Crippen molar-refractivity contribution in [3.63, 3.8) is 0 Å². The van der Waals surface area contributed by atoms with Crippen LogP contribution < -0.4 is 15.2 Å². The van der Waals surface area contributed by atoms with E-state index in [1.807, 2.05) is 19.9 Å². The van der Waals surface area contributed by atoms with Crippen molar-refractivity contribution in [3.05, 3.63) is 47.5 Å². The van der Waals surface area contributed by atoms with Crippen LogP contribution >= 0.6 is 0 Å². The number of amides is 1. The molecule has 1 aliphatic heterocycles. The van der Waals surface area contributed by atoms with Gasteiger partial charge >= 0.3 is 6.29 Å². The van der Waals surface area contributed by atoms with Crippen molar-refractivity contribution in [2.24, 2.45) is 11.7 Å². The fourth-order valence-electron chi connectivity index (χ4n) is 3.65. The molecule has 4 rings (SSSR count). The minimum Gasteiger partial charge on any atom is -0.505 e. The molecule has 2 aromatic carbocycles. The van der Waals surface area contributed by atoms with Crippen LogP contribution in [-0.2, 0) is 11.2 Å². The van der Waals surface area contributed by atoms with Gasteiger partial charge in [-0.25, -0.2) is 4.98 Å². The number of fused-ring (bicyclic) bond motifs is 2. The van der Waals surface area contributed by atoms with E-state index in [0.717, 1.165) is 10.9 Å². The molecule has 0 spiro atoms. The van der Waals surface area contributed by atoms with E-state index in [1.165, 1.54) is 12.1 Å². The van der Waals surface area contributed by atoms with Crippen molar-refractivity contribution in [3.8, 4) is 28.5 Å². The number of nitrogens with two attached hydrogens (primary N) is 1. The second-order valence-corrected chi connectivity index (χ2v) is 7.33. The molecule has 0 fully saturated rings. The first-order valence-corrected chi connectivity index (χ1v) is 9.50. The maximum absolute atomic E-state index is 13.3. The Morgan fingerprint density at radius 3 is 2.63 bits per heavy atom. The van der Waals surface area contributed by atoms with Crippen molar-refractivity contribution < 1.29 is 28.2 Å². The van der Waals surface area contributed by atoms with E-state index >= 15 is 0 Å². The summed E-state index contributed by atoms with van der Waals surface area (Å²) in [7, 11) is 0. The summed E-state index contributed by atoms with van der Waals surface area (Å²) in [5.74, 6) is -0.979. The second kappa shape index (κ2) is 7.12. The number of hydrogen-bond acceptors (Lipinski definition) is 5. The number of carbonyl (C=O) groups is 1. The molecule has 3 aromatic rings. The van der Waals surface area contributed by atoms with Gasteiger partial charge in [-0.05, 0) is 55.2 Å². The minimum absolute atomic E-state index is 0.0237. The maximum atomic E-state index is 13.3. The Morgan fingerprint density at radius 2 is 1.93 bits per heavy atom. The quantitative estimate of drug-likeness (QED) is 0.649. The number of phenolic OH excluding ortho intramolecular Hbond substituents is 1. The third-order valence-electron chi connectivity index (χ3n) is 5.30. The number of aromatic nitrogens is 1. The fourth-order valence-corrected chi connectivity index (χ4v) is 3.65. The highest BCUT2D eigenvalue weighted by atomic mass is 19.3. The van der Waals surface area contributed by atoms with Gasteiger partial charge in [0, 0.05) is 16.9 Å². The van der Waals surface area contributed by atoms with Crippen molar-refractivity contribution in [2.45, 2.75) is 33.0 Å².